The number of nitrogens with one attached hydrogen (secondary N) is 1. The highest BCUT2D eigenvalue weighted by Crippen LogP contribution is 2.32. The summed E-state index contributed by atoms with van der Waals surface area (Å²) in [5.74, 6) is -0.440. The number of carbonyl (C=O) groups excluding carboxylic acids is 1. The molecule has 0 saturated heterocycles. The summed E-state index contributed by atoms with van der Waals surface area (Å²) < 4.78 is 40.1. The average molecular weight is 374 g/mol. The topological polar surface area (TPSA) is 102 Å². The van der Waals surface area contributed by atoms with E-state index in [9.17, 15) is 18.0 Å². The van der Waals surface area contributed by atoms with E-state index in [0.29, 0.717) is 27.5 Å². The summed E-state index contributed by atoms with van der Waals surface area (Å²) in [6.45, 7) is 1.92. The zero-order valence-electron chi connectivity index (χ0n) is 14.0. The van der Waals surface area contributed by atoms with Crippen LogP contribution in [0.1, 0.15) is 23.0 Å². The van der Waals surface area contributed by atoms with Crippen molar-refractivity contribution in [2.24, 2.45) is 5.73 Å². The molecule has 4 rings (SSSR count). The normalized spacial score (nSPS) is 12.1. The lowest BCUT2D eigenvalue weighted by Gasteiger charge is -2.03. The highest BCUT2D eigenvalue weighted by Gasteiger charge is 2.35. The Balaban J connectivity index is 1.88. The second-order valence-electron chi connectivity index (χ2n) is 5.93. The van der Waals surface area contributed by atoms with E-state index in [1.165, 1.54) is 10.9 Å². The maximum absolute atomic E-state index is 13.0. The van der Waals surface area contributed by atoms with Crippen LogP contribution in [0.25, 0.3) is 33.5 Å². The largest absolute Gasteiger partial charge is 0.435 e. The number of amides is 1. The van der Waals surface area contributed by atoms with Crippen LogP contribution in [0.2, 0.25) is 0 Å². The highest BCUT2D eigenvalue weighted by atomic mass is 19.4. The van der Waals surface area contributed by atoms with E-state index >= 15 is 0 Å². The lowest BCUT2D eigenvalue weighted by Crippen LogP contribution is -2.10. The Labute approximate surface area is 150 Å². The second-order valence-corrected chi connectivity index (χ2v) is 5.93. The van der Waals surface area contributed by atoms with Gasteiger partial charge in [-0.2, -0.15) is 18.3 Å². The van der Waals surface area contributed by atoms with Crippen LogP contribution in [0.5, 0.6) is 0 Å². The molecule has 0 aliphatic rings. The smallest absolute Gasteiger partial charge is 0.366 e. The Hall–Kier alpha value is -3.43. The summed E-state index contributed by atoms with van der Waals surface area (Å²) in [5.41, 5.74) is 5.97. The molecule has 10 heteroatoms. The van der Waals surface area contributed by atoms with Crippen LogP contribution in [0.3, 0.4) is 0 Å². The number of rotatable bonds is 3. The van der Waals surface area contributed by atoms with E-state index in [0.717, 1.165) is 6.07 Å². The third-order valence-corrected chi connectivity index (χ3v) is 4.24. The summed E-state index contributed by atoms with van der Waals surface area (Å²) in [6, 6.07) is 5.82. The number of primary amides is 1. The van der Waals surface area contributed by atoms with Gasteiger partial charge in [0.1, 0.15) is 11.3 Å². The lowest BCUT2D eigenvalue weighted by atomic mass is 10.1. The minimum absolute atomic E-state index is 0.119. The number of aromatic nitrogens is 5. The van der Waals surface area contributed by atoms with Crippen LogP contribution >= 0.6 is 0 Å². The van der Waals surface area contributed by atoms with Gasteiger partial charge in [0.25, 0.3) is 0 Å². The highest BCUT2D eigenvalue weighted by molar-refractivity contribution is 6.08. The van der Waals surface area contributed by atoms with E-state index in [1.807, 2.05) is 0 Å². The Morgan fingerprint density at radius 2 is 2.04 bits per heavy atom. The van der Waals surface area contributed by atoms with Crippen LogP contribution in [0, 0.1) is 0 Å². The van der Waals surface area contributed by atoms with E-state index in [2.05, 4.69) is 20.1 Å². The van der Waals surface area contributed by atoms with Gasteiger partial charge in [0.05, 0.1) is 0 Å². The molecular formula is C17H13F3N6O. The number of H-pyrrole nitrogens is 1. The van der Waals surface area contributed by atoms with Crippen LogP contribution in [0.15, 0.2) is 30.5 Å². The fraction of sp³-hybridized carbons (Fsp3) is 0.176. The van der Waals surface area contributed by atoms with Crippen molar-refractivity contribution < 1.29 is 18.0 Å². The van der Waals surface area contributed by atoms with E-state index in [1.54, 1.807) is 25.1 Å². The molecule has 1 amide bonds. The summed E-state index contributed by atoms with van der Waals surface area (Å²) in [7, 11) is 0. The maximum atomic E-state index is 13.0. The summed E-state index contributed by atoms with van der Waals surface area (Å²) in [5, 5.41) is 4.92. The standard InChI is InChI=1S/C17H13F3N6O/c1-2-26-12(6-13(25-26)17(18,19)20)16-22-7-10-9-5-8(14(21)27)3-4-11(9)23-15(10)24-16/h3-7H,2H2,1H3,(H2,21,27)(H,22,23,24). The van der Waals surface area contributed by atoms with Crippen molar-refractivity contribution in [1.82, 2.24) is 24.7 Å². The third-order valence-electron chi connectivity index (χ3n) is 4.24. The first kappa shape index (κ1) is 17.0. The van der Waals surface area contributed by atoms with Gasteiger partial charge < -0.3 is 10.7 Å². The number of nitrogens with two attached hydrogens (primary N) is 1. The molecule has 0 aliphatic heterocycles. The van der Waals surface area contributed by atoms with Crippen molar-refractivity contribution in [2.75, 3.05) is 0 Å². The molecule has 0 spiro atoms. The number of halogens is 3. The first-order valence-corrected chi connectivity index (χ1v) is 8.01. The Morgan fingerprint density at radius 3 is 2.70 bits per heavy atom. The number of hydrogen-bond acceptors (Lipinski definition) is 4. The quantitative estimate of drug-likeness (QED) is 0.575. The molecule has 27 heavy (non-hydrogen) atoms. The number of alkyl halides is 3. The number of aromatic amines is 1. The van der Waals surface area contributed by atoms with Gasteiger partial charge in [0, 0.05) is 34.6 Å². The van der Waals surface area contributed by atoms with Gasteiger partial charge >= 0.3 is 6.18 Å². The van der Waals surface area contributed by atoms with Gasteiger partial charge in [-0.1, -0.05) is 0 Å². The van der Waals surface area contributed by atoms with E-state index in [-0.39, 0.29) is 18.1 Å². The molecule has 7 nitrogen and oxygen atoms in total. The molecule has 0 radical (unpaired) electrons. The monoisotopic (exact) mass is 374 g/mol. The number of hydrogen-bond donors (Lipinski definition) is 2. The van der Waals surface area contributed by atoms with Gasteiger partial charge in [-0.25, -0.2) is 9.97 Å². The predicted molar refractivity (Wildman–Crippen MR) is 91.8 cm³/mol. The van der Waals surface area contributed by atoms with Crippen LogP contribution in [-0.2, 0) is 12.7 Å². The summed E-state index contributed by atoms with van der Waals surface area (Å²) >= 11 is 0. The van der Waals surface area contributed by atoms with Gasteiger partial charge in [-0.05, 0) is 31.2 Å². The number of nitrogens with zero attached hydrogens (tertiary/aromatic N) is 4. The summed E-state index contributed by atoms with van der Waals surface area (Å²) in [6.07, 6.45) is -3.05. The average Bonchev–Trinajstić information content (AvgIpc) is 3.21. The molecule has 0 unspecified atom stereocenters. The molecule has 3 aromatic heterocycles. The van der Waals surface area contributed by atoms with Crippen molar-refractivity contribution in [1.29, 1.82) is 0 Å². The summed E-state index contributed by atoms with van der Waals surface area (Å²) in [4.78, 5) is 23.0. The zero-order valence-corrected chi connectivity index (χ0v) is 14.0. The third kappa shape index (κ3) is 2.78. The van der Waals surface area contributed by atoms with Gasteiger partial charge in [0.15, 0.2) is 11.5 Å². The number of carbonyl (C=O) groups is 1. The molecule has 1 aromatic carbocycles. The fourth-order valence-electron chi connectivity index (χ4n) is 2.93. The van der Waals surface area contributed by atoms with Crippen molar-refractivity contribution in [3.63, 3.8) is 0 Å². The molecule has 0 saturated carbocycles. The van der Waals surface area contributed by atoms with Crippen LogP contribution in [0.4, 0.5) is 13.2 Å². The first-order chi connectivity index (χ1) is 12.8. The molecular weight excluding hydrogens is 361 g/mol. The van der Waals surface area contributed by atoms with E-state index < -0.39 is 17.8 Å². The molecule has 3 N–H and O–H groups in total. The molecule has 138 valence electrons. The van der Waals surface area contributed by atoms with Crippen LogP contribution in [-0.4, -0.2) is 30.6 Å². The van der Waals surface area contributed by atoms with Gasteiger partial charge in [0.2, 0.25) is 5.91 Å². The fourth-order valence-corrected chi connectivity index (χ4v) is 2.93. The lowest BCUT2D eigenvalue weighted by molar-refractivity contribution is -0.141. The van der Waals surface area contributed by atoms with Crippen molar-refractivity contribution in [3.8, 4) is 11.5 Å². The van der Waals surface area contributed by atoms with Crippen LogP contribution < -0.4 is 5.73 Å². The minimum atomic E-state index is -4.55. The van der Waals surface area contributed by atoms with Crippen molar-refractivity contribution in [3.05, 3.63) is 41.7 Å². The number of aryl methyl sites for hydroxylation is 1. The molecule has 4 aromatic rings. The SMILES string of the molecule is CCn1nc(C(F)(F)F)cc1-c1ncc2c(n1)[nH]c1ccc(C(N)=O)cc12. The minimum Gasteiger partial charge on any atom is -0.366 e. The zero-order chi connectivity index (χ0) is 19.3. The maximum Gasteiger partial charge on any atom is 0.435 e. The number of fused-ring (bicyclic) bond motifs is 3. The Bertz CT molecular complexity index is 1190. The van der Waals surface area contributed by atoms with Crippen molar-refractivity contribution >= 4 is 27.8 Å². The predicted octanol–water partition coefficient (Wildman–Crippen LogP) is 3.11. The molecule has 0 atom stereocenters. The Morgan fingerprint density at radius 1 is 1.26 bits per heavy atom. The molecule has 0 bridgehead atoms. The van der Waals surface area contributed by atoms with Gasteiger partial charge in [-0.3, -0.25) is 9.48 Å². The molecule has 0 aliphatic carbocycles. The van der Waals surface area contributed by atoms with E-state index in [4.69, 9.17) is 5.73 Å². The molecule has 3 heterocycles. The molecule has 0 fully saturated rings. The first-order valence-electron chi connectivity index (χ1n) is 8.01. The van der Waals surface area contributed by atoms with Gasteiger partial charge in [-0.15, -0.1) is 0 Å². The number of benzene rings is 1. The van der Waals surface area contributed by atoms with Crippen molar-refractivity contribution in [2.45, 2.75) is 19.6 Å². The Kier molecular flexibility index (Phi) is 3.65. The second kappa shape index (κ2) is 5.79.